The van der Waals surface area contributed by atoms with E-state index in [1.54, 1.807) is 19.3 Å². The Kier molecular flexibility index (Phi) is 4.57. The minimum atomic E-state index is -0.571. The van der Waals surface area contributed by atoms with Crippen molar-refractivity contribution in [2.24, 2.45) is 5.92 Å². The van der Waals surface area contributed by atoms with Crippen molar-refractivity contribution in [3.8, 4) is 0 Å². The maximum atomic E-state index is 13.2. The molecule has 31 heavy (non-hydrogen) atoms. The largest absolute Gasteiger partial charge is 0.339 e. The first kappa shape index (κ1) is 19.4. The van der Waals surface area contributed by atoms with Crippen molar-refractivity contribution in [2.75, 3.05) is 26.2 Å². The van der Waals surface area contributed by atoms with E-state index in [4.69, 9.17) is 4.52 Å². The van der Waals surface area contributed by atoms with Gasteiger partial charge >= 0.3 is 0 Å². The lowest BCUT2D eigenvalue weighted by molar-refractivity contribution is 0.0727. The Morgan fingerprint density at radius 3 is 2.29 bits per heavy atom. The Morgan fingerprint density at radius 1 is 1.00 bits per heavy atom. The fraction of sp³-hybridized carbons (Fsp3) is 0.348. The molecule has 1 aromatic carbocycles. The fourth-order valence-corrected chi connectivity index (χ4v) is 4.79. The summed E-state index contributed by atoms with van der Waals surface area (Å²) in [5, 5.41) is 3.98. The van der Waals surface area contributed by atoms with Gasteiger partial charge in [0.05, 0.1) is 11.0 Å². The van der Waals surface area contributed by atoms with Crippen LogP contribution in [0.2, 0.25) is 0 Å². The molecule has 3 aromatic rings. The van der Waals surface area contributed by atoms with Crippen LogP contribution in [0, 0.1) is 19.8 Å². The maximum absolute atomic E-state index is 13.2. The normalized spacial score (nSPS) is 22.6. The molecule has 2 aliphatic rings. The number of aryl methyl sites for hydroxylation is 2. The van der Waals surface area contributed by atoms with Crippen LogP contribution in [0.5, 0.6) is 0 Å². The first-order chi connectivity index (χ1) is 15.0. The number of nitrogens with zero attached hydrogens (tertiary/aromatic N) is 5. The second-order valence-corrected chi connectivity index (χ2v) is 8.49. The summed E-state index contributed by atoms with van der Waals surface area (Å²) in [6.07, 6.45) is 3.32. The maximum Gasteiger partial charge on any atom is 0.255 e. The monoisotopic (exact) mass is 417 g/mol. The molecule has 2 fully saturated rings. The molecular weight excluding hydrogens is 394 g/mol. The zero-order valence-electron chi connectivity index (χ0n) is 17.5. The summed E-state index contributed by atoms with van der Waals surface area (Å²) < 4.78 is 5.59. The fourth-order valence-electron chi connectivity index (χ4n) is 4.79. The molecule has 5 rings (SSSR count). The van der Waals surface area contributed by atoms with Crippen LogP contribution < -0.4 is 0 Å². The van der Waals surface area contributed by atoms with Crippen molar-refractivity contribution in [2.45, 2.75) is 19.3 Å². The summed E-state index contributed by atoms with van der Waals surface area (Å²) in [6, 6.07) is 11.1. The van der Waals surface area contributed by atoms with Gasteiger partial charge in [-0.05, 0) is 37.6 Å². The minimum Gasteiger partial charge on any atom is -0.339 e. The van der Waals surface area contributed by atoms with Gasteiger partial charge in [0, 0.05) is 50.1 Å². The van der Waals surface area contributed by atoms with Crippen LogP contribution in [-0.4, -0.2) is 62.9 Å². The molecule has 0 spiro atoms. The number of hydrogen-bond donors (Lipinski definition) is 0. The topological polar surface area (TPSA) is 92.4 Å². The van der Waals surface area contributed by atoms with Gasteiger partial charge in [-0.2, -0.15) is 4.98 Å². The summed E-state index contributed by atoms with van der Waals surface area (Å²) in [5.74, 6) is 0.968. The first-order valence-corrected chi connectivity index (χ1v) is 10.3. The van der Waals surface area contributed by atoms with Crippen LogP contribution in [0.4, 0.5) is 0 Å². The molecule has 158 valence electrons. The molecule has 0 saturated carbocycles. The van der Waals surface area contributed by atoms with Crippen molar-refractivity contribution in [1.29, 1.82) is 0 Å². The van der Waals surface area contributed by atoms with E-state index < -0.39 is 5.41 Å². The van der Waals surface area contributed by atoms with E-state index in [2.05, 4.69) is 15.1 Å². The lowest BCUT2D eigenvalue weighted by atomic mass is 9.81. The molecule has 2 amide bonds. The highest BCUT2D eigenvalue weighted by Crippen LogP contribution is 2.45. The van der Waals surface area contributed by atoms with E-state index >= 15 is 0 Å². The third-order valence-electron chi connectivity index (χ3n) is 6.28. The van der Waals surface area contributed by atoms with Crippen LogP contribution >= 0.6 is 0 Å². The molecule has 0 bridgehead atoms. The number of amides is 2. The zero-order chi connectivity index (χ0) is 21.6. The number of likely N-dealkylation sites (tertiary alicyclic amines) is 2. The Balaban J connectivity index is 1.45. The number of rotatable bonds is 3. The summed E-state index contributed by atoms with van der Waals surface area (Å²) >= 11 is 0. The van der Waals surface area contributed by atoms with E-state index in [0.29, 0.717) is 49.0 Å². The highest BCUT2D eigenvalue weighted by Gasteiger charge is 2.58. The molecule has 0 aliphatic carbocycles. The van der Waals surface area contributed by atoms with Gasteiger partial charge in [0.1, 0.15) is 0 Å². The molecule has 0 radical (unpaired) electrons. The quantitative estimate of drug-likeness (QED) is 0.649. The smallest absolute Gasteiger partial charge is 0.255 e. The van der Waals surface area contributed by atoms with Crippen molar-refractivity contribution >= 4 is 11.8 Å². The predicted molar refractivity (Wildman–Crippen MR) is 111 cm³/mol. The Bertz CT molecular complexity index is 1140. The van der Waals surface area contributed by atoms with Gasteiger partial charge in [0.15, 0.2) is 5.82 Å². The van der Waals surface area contributed by atoms with E-state index in [1.807, 2.05) is 53.1 Å². The third-order valence-corrected chi connectivity index (χ3v) is 6.28. The standard InChI is InChI=1S/C23H23N5O3/c1-15-8-18(10-24-9-15)21(30)28-12-19-11-27(20(29)17-6-4-3-5-7-17)13-23(19,14-28)22-25-16(2)26-31-22/h3-10,19H,11-14H2,1-2H3/t19-,23-/m1/s1. The van der Waals surface area contributed by atoms with E-state index in [1.165, 1.54) is 0 Å². The van der Waals surface area contributed by atoms with Crippen LogP contribution in [0.25, 0.3) is 0 Å². The van der Waals surface area contributed by atoms with E-state index in [0.717, 1.165) is 5.56 Å². The molecule has 2 aromatic heterocycles. The van der Waals surface area contributed by atoms with Crippen molar-refractivity contribution in [3.63, 3.8) is 0 Å². The van der Waals surface area contributed by atoms with Crippen molar-refractivity contribution < 1.29 is 14.1 Å². The SMILES string of the molecule is Cc1cncc(C(=O)N2C[C@H]3CN(C(=O)c4ccccc4)C[C@@]3(c3nc(C)no3)C2)c1. The lowest BCUT2D eigenvalue weighted by Gasteiger charge is -2.26. The average molecular weight is 417 g/mol. The van der Waals surface area contributed by atoms with E-state index in [-0.39, 0.29) is 17.7 Å². The summed E-state index contributed by atoms with van der Waals surface area (Å²) in [7, 11) is 0. The van der Waals surface area contributed by atoms with Crippen LogP contribution in [0.3, 0.4) is 0 Å². The first-order valence-electron chi connectivity index (χ1n) is 10.3. The van der Waals surface area contributed by atoms with Crippen molar-refractivity contribution in [3.05, 3.63) is 77.2 Å². The van der Waals surface area contributed by atoms with Gasteiger partial charge in [0.25, 0.3) is 11.8 Å². The van der Waals surface area contributed by atoms with Gasteiger partial charge in [-0.15, -0.1) is 0 Å². The van der Waals surface area contributed by atoms with Gasteiger partial charge in [0.2, 0.25) is 5.89 Å². The molecule has 8 heteroatoms. The van der Waals surface area contributed by atoms with Crippen LogP contribution in [0.15, 0.2) is 53.3 Å². The number of pyridine rings is 1. The van der Waals surface area contributed by atoms with Crippen molar-refractivity contribution in [1.82, 2.24) is 24.9 Å². The highest BCUT2D eigenvalue weighted by molar-refractivity contribution is 5.95. The minimum absolute atomic E-state index is 0.0155. The number of fused-ring (bicyclic) bond motifs is 1. The second kappa shape index (κ2) is 7.30. The Labute approximate surface area is 179 Å². The number of carbonyl (C=O) groups excluding carboxylic acids is 2. The number of hydrogen-bond acceptors (Lipinski definition) is 6. The van der Waals surface area contributed by atoms with Crippen LogP contribution in [-0.2, 0) is 5.41 Å². The average Bonchev–Trinajstić information content (AvgIpc) is 3.46. The summed E-state index contributed by atoms with van der Waals surface area (Å²) in [5.41, 5.74) is 1.58. The van der Waals surface area contributed by atoms with Gasteiger partial charge in [-0.1, -0.05) is 23.4 Å². The number of carbonyl (C=O) groups is 2. The summed E-state index contributed by atoms with van der Waals surface area (Å²) in [4.78, 5) is 38.6. The number of aromatic nitrogens is 3. The predicted octanol–water partition coefficient (Wildman–Crippen LogP) is 2.25. The molecule has 4 heterocycles. The molecule has 0 unspecified atom stereocenters. The molecule has 2 atom stereocenters. The zero-order valence-corrected chi connectivity index (χ0v) is 17.5. The van der Waals surface area contributed by atoms with Gasteiger partial charge < -0.3 is 14.3 Å². The highest BCUT2D eigenvalue weighted by atomic mass is 16.5. The lowest BCUT2D eigenvalue weighted by Crippen LogP contribution is -2.41. The van der Waals surface area contributed by atoms with Crippen LogP contribution in [0.1, 0.15) is 38.0 Å². The Hall–Kier alpha value is -3.55. The molecule has 8 nitrogen and oxygen atoms in total. The number of benzene rings is 1. The molecular formula is C23H23N5O3. The molecule has 0 N–H and O–H groups in total. The third kappa shape index (κ3) is 3.28. The Morgan fingerprint density at radius 2 is 1.68 bits per heavy atom. The molecule has 2 saturated heterocycles. The second-order valence-electron chi connectivity index (χ2n) is 8.49. The van der Waals surface area contributed by atoms with Gasteiger partial charge in [-0.25, -0.2) is 0 Å². The van der Waals surface area contributed by atoms with Gasteiger partial charge in [-0.3, -0.25) is 14.6 Å². The van der Waals surface area contributed by atoms with E-state index in [9.17, 15) is 9.59 Å². The summed E-state index contributed by atoms with van der Waals surface area (Å²) in [6.45, 7) is 5.60. The molecule has 2 aliphatic heterocycles.